The van der Waals surface area contributed by atoms with Crippen molar-refractivity contribution in [1.29, 1.82) is 0 Å². The molecule has 206 valence electrons. The Morgan fingerprint density at radius 3 is 2.34 bits per heavy atom. The van der Waals surface area contributed by atoms with Crippen molar-refractivity contribution in [3.8, 4) is 0 Å². The van der Waals surface area contributed by atoms with Crippen LogP contribution in [0.5, 0.6) is 0 Å². The van der Waals surface area contributed by atoms with Crippen molar-refractivity contribution >= 4 is 29.5 Å². The summed E-state index contributed by atoms with van der Waals surface area (Å²) in [6, 6.07) is 12.3. The lowest BCUT2D eigenvalue weighted by molar-refractivity contribution is -0.113. The number of fused-ring (bicyclic) bond motifs is 1. The van der Waals surface area contributed by atoms with Gasteiger partial charge in [-0.2, -0.15) is 0 Å². The molecule has 0 saturated heterocycles. The number of aliphatic hydroxyl groups is 1. The van der Waals surface area contributed by atoms with E-state index in [1.165, 1.54) is 16.5 Å². The van der Waals surface area contributed by atoms with E-state index in [4.69, 9.17) is 4.84 Å². The molecule has 1 amide bonds. The molecule has 2 N–H and O–H groups in total. The number of unbranched alkanes of at least 4 members (excludes halogenated alkanes) is 4. The highest BCUT2D eigenvalue weighted by molar-refractivity contribution is 6.35. The van der Waals surface area contributed by atoms with Crippen LogP contribution >= 0.6 is 0 Å². The summed E-state index contributed by atoms with van der Waals surface area (Å²) in [6.07, 6.45) is 7.60. The second-order valence-corrected chi connectivity index (χ2v) is 11.5. The third kappa shape index (κ3) is 7.01. The minimum Gasteiger partial charge on any atom is -0.478 e. The highest BCUT2D eigenvalue weighted by atomic mass is 16.7. The van der Waals surface area contributed by atoms with E-state index in [9.17, 15) is 19.8 Å². The van der Waals surface area contributed by atoms with Crippen molar-refractivity contribution in [1.82, 2.24) is 0 Å². The Morgan fingerprint density at radius 2 is 1.66 bits per heavy atom. The highest BCUT2D eigenvalue weighted by Gasteiger charge is 2.37. The molecule has 1 aliphatic carbocycles. The second-order valence-electron chi connectivity index (χ2n) is 11.5. The number of para-hydroxylation sites is 1. The molecule has 2 aromatic carbocycles. The van der Waals surface area contributed by atoms with Crippen LogP contribution in [0.2, 0.25) is 0 Å². The van der Waals surface area contributed by atoms with Gasteiger partial charge in [-0.1, -0.05) is 83.7 Å². The predicted octanol–water partition coefficient (Wildman–Crippen LogP) is 7.08. The summed E-state index contributed by atoms with van der Waals surface area (Å²) in [4.78, 5) is 32.0. The molecule has 0 saturated carbocycles. The lowest BCUT2D eigenvalue weighted by Gasteiger charge is -2.42. The standard InChI is InChI=1S/C31H42N2O5/c1-6-7-8-9-10-15-28(35)38-32-21-27(34)33(26-14-12-11-13-23(26)29(36)37)22-16-17-24-25(20-22)31(4,5)19-18-30(24,2)3/h11-14,16-17,20-21,28,35H,6-10,15,18-19H2,1-5H3,(H,36,37). The molecule has 2 aromatic rings. The number of benzene rings is 2. The SMILES string of the molecule is CCCCCCCC(O)ON=CC(=O)N(c1ccc2c(c1)C(C)(C)CCC2(C)C)c1ccccc1C(=O)O. The second kappa shape index (κ2) is 12.6. The third-order valence-electron chi connectivity index (χ3n) is 7.59. The molecular weight excluding hydrogens is 480 g/mol. The molecular formula is C31H42N2O5. The van der Waals surface area contributed by atoms with Crippen molar-refractivity contribution < 1.29 is 24.6 Å². The number of oxime groups is 1. The Bertz CT molecular complexity index is 1150. The monoisotopic (exact) mass is 522 g/mol. The summed E-state index contributed by atoms with van der Waals surface area (Å²) >= 11 is 0. The molecule has 38 heavy (non-hydrogen) atoms. The number of carbonyl (C=O) groups is 2. The van der Waals surface area contributed by atoms with Gasteiger partial charge in [0.05, 0.1) is 11.3 Å². The Labute approximate surface area is 226 Å². The molecule has 3 rings (SSSR count). The number of amides is 1. The number of anilines is 2. The maximum atomic E-state index is 13.5. The number of carboxylic acid groups (broad SMARTS) is 1. The smallest absolute Gasteiger partial charge is 0.337 e. The quantitative estimate of drug-likeness (QED) is 0.134. The van der Waals surface area contributed by atoms with Gasteiger partial charge in [0.25, 0.3) is 5.91 Å². The highest BCUT2D eigenvalue weighted by Crippen LogP contribution is 2.47. The number of nitrogens with zero attached hydrogens (tertiary/aromatic N) is 2. The lowest BCUT2D eigenvalue weighted by atomic mass is 9.63. The largest absolute Gasteiger partial charge is 0.478 e. The lowest BCUT2D eigenvalue weighted by Crippen LogP contribution is -2.35. The molecule has 7 nitrogen and oxygen atoms in total. The number of hydrogen-bond acceptors (Lipinski definition) is 5. The van der Waals surface area contributed by atoms with Crippen LogP contribution in [0.15, 0.2) is 47.6 Å². The van der Waals surface area contributed by atoms with Gasteiger partial charge >= 0.3 is 5.97 Å². The maximum Gasteiger partial charge on any atom is 0.337 e. The van der Waals surface area contributed by atoms with Gasteiger partial charge in [0.1, 0.15) is 6.21 Å². The van der Waals surface area contributed by atoms with E-state index in [0.717, 1.165) is 56.7 Å². The number of aromatic carboxylic acids is 1. The maximum absolute atomic E-state index is 13.5. The van der Waals surface area contributed by atoms with Crippen LogP contribution in [0.1, 0.15) is 107 Å². The Morgan fingerprint density at radius 1 is 1.00 bits per heavy atom. The van der Waals surface area contributed by atoms with Gasteiger partial charge in [-0.3, -0.25) is 9.69 Å². The van der Waals surface area contributed by atoms with Crippen LogP contribution in [0, 0.1) is 0 Å². The van der Waals surface area contributed by atoms with Crippen LogP contribution in [-0.4, -0.2) is 34.6 Å². The van der Waals surface area contributed by atoms with Gasteiger partial charge in [-0.15, -0.1) is 0 Å². The van der Waals surface area contributed by atoms with Crippen molar-refractivity contribution in [3.63, 3.8) is 0 Å². The first-order chi connectivity index (χ1) is 18.0. The Balaban J connectivity index is 1.92. The molecule has 7 heteroatoms. The fourth-order valence-corrected chi connectivity index (χ4v) is 5.13. The number of carbonyl (C=O) groups excluding carboxylic acids is 1. The average Bonchev–Trinajstić information content (AvgIpc) is 2.87. The zero-order chi connectivity index (χ0) is 27.9. The fraction of sp³-hybridized carbons (Fsp3) is 0.516. The topological polar surface area (TPSA) is 99.4 Å². The zero-order valence-corrected chi connectivity index (χ0v) is 23.4. The van der Waals surface area contributed by atoms with E-state index in [-0.39, 0.29) is 22.1 Å². The number of carboxylic acids is 1. The molecule has 0 aromatic heterocycles. The van der Waals surface area contributed by atoms with Gasteiger partial charge in [-0.25, -0.2) is 4.79 Å². The minimum atomic E-state index is -1.13. The minimum absolute atomic E-state index is 0.000377. The number of rotatable bonds is 12. The molecule has 1 atom stereocenters. The van der Waals surface area contributed by atoms with Crippen LogP contribution in [0.3, 0.4) is 0 Å². The number of hydrogen-bond donors (Lipinski definition) is 2. The first-order valence-corrected chi connectivity index (χ1v) is 13.7. The predicted molar refractivity (Wildman–Crippen MR) is 151 cm³/mol. The molecule has 0 aliphatic heterocycles. The van der Waals surface area contributed by atoms with Crippen molar-refractivity contribution in [2.45, 2.75) is 103 Å². The van der Waals surface area contributed by atoms with E-state index in [2.05, 4.69) is 39.8 Å². The van der Waals surface area contributed by atoms with Crippen LogP contribution in [0.25, 0.3) is 0 Å². The molecule has 0 radical (unpaired) electrons. The first kappa shape index (κ1) is 29.4. The van der Waals surface area contributed by atoms with E-state index in [1.54, 1.807) is 18.2 Å². The van der Waals surface area contributed by atoms with Crippen molar-refractivity contribution in [2.75, 3.05) is 4.90 Å². The molecule has 0 heterocycles. The number of aliphatic hydroxyl groups excluding tert-OH is 1. The molecule has 0 bridgehead atoms. The normalized spacial score (nSPS) is 16.6. The van der Waals surface area contributed by atoms with Gasteiger partial charge < -0.3 is 15.1 Å². The molecule has 1 unspecified atom stereocenters. The molecule has 1 aliphatic rings. The van der Waals surface area contributed by atoms with Gasteiger partial charge in [-0.05, 0) is 65.5 Å². The molecule has 0 fully saturated rings. The van der Waals surface area contributed by atoms with E-state index in [1.807, 2.05) is 18.2 Å². The van der Waals surface area contributed by atoms with Gasteiger partial charge in [0.15, 0.2) is 0 Å². The zero-order valence-electron chi connectivity index (χ0n) is 23.4. The van der Waals surface area contributed by atoms with Gasteiger partial charge in [0, 0.05) is 12.1 Å². The first-order valence-electron chi connectivity index (χ1n) is 13.7. The van der Waals surface area contributed by atoms with Crippen LogP contribution in [0.4, 0.5) is 11.4 Å². The summed E-state index contributed by atoms with van der Waals surface area (Å²) in [6.45, 7) is 11.0. The average molecular weight is 523 g/mol. The summed E-state index contributed by atoms with van der Waals surface area (Å²) in [7, 11) is 0. The van der Waals surface area contributed by atoms with E-state index in [0.29, 0.717) is 12.1 Å². The summed E-state index contributed by atoms with van der Waals surface area (Å²) < 4.78 is 0. The fourth-order valence-electron chi connectivity index (χ4n) is 5.13. The Kier molecular flexibility index (Phi) is 9.71. The summed E-state index contributed by atoms with van der Waals surface area (Å²) in [5, 5.41) is 23.7. The molecule has 0 spiro atoms. The van der Waals surface area contributed by atoms with Crippen LogP contribution < -0.4 is 4.90 Å². The van der Waals surface area contributed by atoms with Crippen molar-refractivity contribution in [2.24, 2.45) is 5.16 Å². The third-order valence-corrected chi connectivity index (χ3v) is 7.59. The van der Waals surface area contributed by atoms with Crippen LogP contribution in [-0.2, 0) is 20.5 Å². The van der Waals surface area contributed by atoms with E-state index < -0.39 is 18.2 Å². The summed E-state index contributed by atoms with van der Waals surface area (Å²) in [5.74, 6) is -1.70. The van der Waals surface area contributed by atoms with E-state index >= 15 is 0 Å². The summed E-state index contributed by atoms with van der Waals surface area (Å²) in [5.41, 5.74) is 3.06. The Hall–Kier alpha value is -3.19. The van der Waals surface area contributed by atoms with Crippen molar-refractivity contribution in [3.05, 3.63) is 59.2 Å². The van der Waals surface area contributed by atoms with Gasteiger partial charge in [0.2, 0.25) is 6.29 Å².